The number of para-hydroxylation sites is 2. The molecule has 128 valence electrons. The third-order valence-corrected chi connectivity index (χ3v) is 4.21. The minimum absolute atomic E-state index is 0.110. The second kappa shape index (κ2) is 7.96. The van der Waals surface area contributed by atoms with E-state index in [2.05, 4.69) is 10.6 Å². The molecule has 1 amide bonds. The van der Waals surface area contributed by atoms with Crippen molar-refractivity contribution in [1.82, 2.24) is 10.6 Å². The molecule has 2 aromatic rings. The first-order valence-corrected chi connectivity index (χ1v) is 8.29. The number of carbonyl (C=O) groups is 2. The Hall–Kier alpha value is -2.64. The van der Waals surface area contributed by atoms with Crippen molar-refractivity contribution in [2.45, 2.75) is 12.0 Å². The first-order chi connectivity index (χ1) is 12.2. The van der Waals surface area contributed by atoms with Crippen LogP contribution in [0, 0.1) is 0 Å². The molecule has 25 heavy (non-hydrogen) atoms. The monoisotopic (exact) mass is 337 g/mol. The zero-order valence-electron chi connectivity index (χ0n) is 13.8. The van der Waals surface area contributed by atoms with Gasteiger partial charge >= 0.3 is 0 Å². The van der Waals surface area contributed by atoms with E-state index in [0.29, 0.717) is 13.1 Å². The van der Waals surface area contributed by atoms with Crippen LogP contribution in [-0.4, -0.2) is 49.2 Å². The predicted molar refractivity (Wildman–Crippen MR) is 98.8 cm³/mol. The number of carbonyl (C=O) groups excluding carboxylic acids is 1. The fraction of sp³-hybridized carbons (Fsp3) is 0.222. The molecular weight excluding hydrogens is 317 g/mol. The highest BCUT2D eigenvalue weighted by Crippen LogP contribution is 2.26. The molecule has 0 bridgehead atoms. The van der Waals surface area contributed by atoms with Gasteiger partial charge in [-0.25, -0.2) is 0 Å². The standard InChI is InChI=1S/C18H20BN3O3/c23-17(15-16(19-18(24)25)21-12-11-20-15)22(13-7-3-1-4-8-13)14-9-5-2-6-10-14/h1-10,15-16,19-21H,11-12H2,(H,24,25). The fourth-order valence-electron chi connectivity index (χ4n) is 3.08. The normalized spacial score (nSPS) is 19.8. The fourth-order valence-corrected chi connectivity index (χ4v) is 3.08. The van der Waals surface area contributed by atoms with Crippen LogP contribution in [-0.2, 0) is 4.79 Å². The van der Waals surface area contributed by atoms with Crippen LogP contribution in [0.25, 0.3) is 0 Å². The Kier molecular flexibility index (Phi) is 5.48. The van der Waals surface area contributed by atoms with E-state index >= 15 is 0 Å². The summed E-state index contributed by atoms with van der Waals surface area (Å²) in [6.45, 7) is 1.25. The van der Waals surface area contributed by atoms with Crippen LogP contribution in [0.4, 0.5) is 16.2 Å². The van der Waals surface area contributed by atoms with Crippen LogP contribution in [0.5, 0.6) is 0 Å². The molecule has 1 fully saturated rings. The van der Waals surface area contributed by atoms with E-state index in [1.165, 1.54) is 0 Å². The van der Waals surface area contributed by atoms with Gasteiger partial charge in [0.1, 0.15) is 0 Å². The van der Waals surface area contributed by atoms with Crippen molar-refractivity contribution in [2.75, 3.05) is 18.0 Å². The van der Waals surface area contributed by atoms with Crippen molar-refractivity contribution in [2.24, 2.45) is 0 Å². The van der Waals surface area contributed by atoms with Gasteiger partial charge in [-0.15, -0.1) is 0 Å². The maximum absolute atomic E-state index is 13.3. The third-order valence-electron chi connectivity index (χ3n) is 4.21. The van der Waals surface area contributed by atoms with Crippen molar-refractivity contribution in [1.29, 1.82) is 0 Å². The number of rotatable bonds is 5. The zero-order valence-corrected chi connectivity index (χ0v) is 13.8. The van der Waals surface area contributed by atoms with E-state index in [-0.39, 0.29) is 13.2 Å². The van der Waals surface area contributed by atoms with Crippen molar-refractivity contribution in [3.63, 3.8) is 0 Å². The molecule has 0 spiro atoms. The van der Waals surface area contributed by atoms with Crippen molar-refractivity contribution < 1.29 is 14.7 Å². The van der Waals surface area contributed by atoms with E-state index in [9.17, 15) is 9.59 Å². The maximum Gasteiger partial charge on any atom is 0.280 e. The topological polar surface area (TPSA) is 81.7 Å². The SMILES string of the molecule is O=C(O)BC1NCCNC1C(=O)N(c1ccccc1)c1ccccc1. The number of carboxylic acid groups (broad SMARTS) is 1. The van der Waals surface area contributed by atoms with E-state index in [0.717, 1.165) is 11.4 Å². The summed E-state index contributed by atoms with van der Waals surface area (Å²) in [6.07, 6.45) is 0. The molecule has 6 nitrogen and oxygen atoms in total. The van der Waals surface area contributed by atoms with Crippen LogP contribution in [0.15, 0.2) is 60.7 Å². The number of nitrogens with zero attached hydrogens (tertiary/aromatic N) is 1. The van der Waals surface area contributed by atoms with Gasteiger partial charge in [0.2, 0.25) is 11.8 Å². The summed E-state index contributed by atoms with van der Waals surface area (Å²) in [5.74, 6) is -1.55. The van der Waals surface area contributed by atoms with E-state index in [1.807, 2.05) is 60.7 Å². The molecule has 0 saturated carbocycles. The number of nitrogens with one attached hydrogen (secondary N) is 2. The van der Waals surface area contributed by atoms with Gasteiger partial charge in [0.15, 0.2) is 0 Å². The number of amides is 1. The quantitative estimate of drug-likeness (QED) is 0.718. The molecule has 1 heterocycles. The first-order valence-electron chi connectivity index (χ1n) is 8.29. The highest BCUT2D eigenvalue weighted by molar-refractivity contribution is 6.73. The summed E-state index contributed by atoms with van der Waals surface area (Å²) in [7, 11) is -0.110. The van der Waals surface area contributed by atoms with Crippen LogP contribution < -0.4 is 15.5 Å². The molecule has 0 aliphatic carbocycles. The molecule has 2 aromatic carbocycles. The maximum atomic E-state index is 13.3. The van der Waals surface area contributed by atoms with Gasteiger partial charge in [0.25, 0.3) is 7.28 Å². The lowest BCUT2D eigenvalue weighted by atomic mass is 9.65. The minimum Gasteiger partial charge on any atom is -0.489 e. The molecule has 3 rings (SSSR count). The first kappa shape index (κ1) is 17.2. The molecule has 0 radical (unpaired) electrons. The van der Waals surface area contributed by atoms with Gasteiger partial charge in [-0.05, 0) is 24.3 Å². The van der Waals surface area contributed by atoms with Crippen LogP contribution >= 0.6 is 0 Å². The van der Waals surface area contributed by atoms with Crippen molar-refractivity contribution >= 4 is 30.4 Å². The summed E-state index contributed by atoms with van der Waals surface area (Å²) in [6, 6.07) is 18.2. The summed E-state index contributed by atoms with van der Waals surface area (Å²) in [5.41, 5.74) is 1.50. The lowest BCUT2D eigenvalue weighted by molar-refractivity contribution is -0.120. The van der Waals surface area contributed by atoms with E-state index in [4.69, 9.17) is 5.11 Å². The second-order valence-electron chi connectivity index (χ2n) is 5.94. The smallest absolute Gasteiger partial charge is 0.280 e. The summed E-state index contributed by atoms with van der Waals surface area (Å²) >= 11 is 0. The summed E-state index contributed by atoms with van der Waals surface area (Å²) in [5, 5.41) is 15.5. The Morgan fingerprint density at radius 1 is 0.920 bits per heavy atom. The molecule has 1 aliphatic rings. The van der Waals surface area contributed by atoms with Gasteiger partial charge < -0.3 is 15.7 Å². The van der Waals surface area contributed by atoms with Gasteiger partial charge in [-0.3, -0.25) is 14.5 Å². The molecular formula is C18H20BN3O3. The Morgan fingerprint density at radius 2 is 1.44 bits per heavy atom. The second-order valence-corrected chi connectivity index (χ2v) is 5.94. The number of hydrogen-bond acceptors (Lipinski definition) is 4. The molecule has 2 unspecified atom stereocenters. The van der Waals surface area contributed by atoms with Crippen LogP contribution in [0.3, 0.4) is 0 Å². The molecule has 1 saturated heterocycles. The third kappa shape index (κ3) is 4.07. The largest absolute Gasteiger partial charge is 0.489 e. The Morgan fingerprint density at radius 3 is 1.96 bits per heavy atom. The van der Waals surface area contributed by atoms with Crippen LogP contribution in [0.1, 0.15) is 0 Å². The van der Waals surface area contributed by atoms with Gasteiger partial charge in [0.05, 0.1) is 6.04 Å². The molecule has 0 aromatic heterocycles. The Bertz CT molecular complexity index is 687. The minimum atomic E-state index is -0.926. The molecule has 1 aliphatic heterocycles. The Balaban J connectivity index is 1.95. The number of anilines is 2. The number of hydrogen-bond donors (Lipinski definition) is 3. The number of benzene rings is 2. The van der Waals surface area contributed by atoms with Crippen LogP contribution in [0.2, 0.25) is 0 Å². The van der Waals surface area contributed by atoms with Crippen molar-refractivity contribution in [3.05, 3.63) is 60.7 Å². The zero-order chi connectivity index (χ0) is 17.6. The highest BCUT2D eigenvalue weighted by Gasteiger charge is 2.36. The number of piperazine rings is 1. The van der Waals surface area contributed by atoms with Gasteiger partial charge in [0, 0.05) is 30.4 Å². The lowest BCUT2D eigenvalue weighted by Crippen LogP contribution is -2.64. The average Bonchev–Trinajstić information content (AvgIpc) is 2.63. The average molecular weight is 337 g/mol. The highest BCUT2D eigenvalue weighted by atomic mass is 16.4. The lowest BCUT2D eigenvalue weighted by Gasteiger charge is -2.35. The predicted octanol–water partition coefficient (Wildman–Crippen LogP) is 1.35. The molecule has 2 atom stereocenters. The molecule has 7 heteroatoms. The summed E-state index contributed by atoms with van der Waals surface area (Å²) in [4.78, 5) is 26.1. The Labute approximate surface area is 147 Å². The molecule has 3 N–H and O–H groups in total. The van der Waals surface area contributed by atoms with Gasteiger partial charge in [-0.1, -0.05) is 36.4 Å². The summed E-state index contributed by atoms with van der Waals surface area (Å²) < 4.78 is 0. The van der Waals surface area contributed by atoms with E-state index < -0.39 is 17.9 Å². The van der Waals surface area contributed by atoms with Crippen molar-refractivity contribution in [3.8, 4) is 0 Å². The van der Waals surface area contributed by atoms with E-state index in [1.54, 1.807) is 4.90 Å². The van der Waals surface area contributed by atoms with Gasteiger partial charge in [-0.2, -0.15) is 0 Å².